The van der Waals surface area contributed by atoms with Crippen molar-refractivity contribution in [2.45, 2.75) is 25.7 Å². The number of hydrogen-bond donors (Lipinski definition) is 1. The summed E-state index contributed by atoms with van der Waals surface area (Å²) in [6, 6.07) is 8.09. The van der Waals surface area contributed by atoms with Crippen molar-refractivity contribution in [3.05, 3.63) is 55.8 Å². The zero-order valence-corrected chi connectivity index (χ0v) is 13.8. The zero-order valence-electron chi connectivity index (χ0n) is 11.4. The normalized spacial score (nSPS) is 14.3. The van der Waals surface area contributed by atoms with Crippen molar-refractivity contribution >= 4 is 44.0 Å². The first-order valence-corrected chi connectivity index (χ1v) is 8.76. The quantitative estimate of drug-likeness (QED) is 0.634. The third-order valence-electron chi connectivity index (χ3n) is 4.11. The van der Waals surface area contributed by atoms with E-state index in [0.29, 0.717) is 0 Å². The molecule has 1 aliphatic rings. The molecule has 1 aromatic carbocycles. The summed E-state index contributed by atoms with van der Waals surface area (Å²) in [5, 5.41) is 0.995. The lowest BCUT2D eigenvalue weighted by molar-refractivity contribution is 0.104. The second kappa shape index (κ2) is 5.11. The first-order chi connectivity index (χ1) is 10.2. The zero-order chi connectivity index (χ0) is 14.4. The Morgan fingerprint density at radius 1 is 1.19 bits per heavy atom. The number of aromatic amines is 1. The number of hydrogen-bond acceptors (Lipinski definition) is 2. The Morgan fingerprint density at radius 3 is 2.90 bits per heavy atom. The van der Waals surface area contributed by atoms with Gasteiger partial charge in [-0.25, -0.2) is 0 Å². The average Bonchev–Trinajstić information content (AvgIpc) is 3.09. The first-order valence-electron chi connectivity index (χ1n) is 7.15. The predicted molar refractivity (Wildman–Crippen MR) is 90.4 cm³/mol. The fourth-order valence-corrected chi connectivity index (χ4v) is 4.59. The number of carbonyl (C=O) groups is 1. The second-order valence-electron chi connectivity index (χ2n) is 5.49. The largest absolute Gasteiger partial charge is 0.360 e. The van der Waals surface area contributed by atoms with E-state index in [0.717, 1.165) is 38.7 Å². The molecular formula is C17H14BrNOS. The molecule has 0 saturated carbocycles. The van der Waals surface area contributed by atoms with E-state index in [9.17, 15) is 4.79 Å². The molecule has 0 spiro atoms. The number of H-pyrrole nitrogens is 1. The topological polar surface area (TPSA) is 32.9 Å². The maximum absolute atomic E-state index is 12.8. The maximum Gasteiger partial charge on any atom is 0.205 e. The van der Waals surface area contributed by atoms with Gasteiger partial charge in [0.1, 0.15) is 0 Å². The van der Waals surface area contributed by atoms with Crippen LogP contribution in [0.15, 0.2) is 34.9 Å². The summed E-state index contributed by atoms with van der Waals surface area (Å²) in [4.78, 5) is 18.3. The molecule has 0 bridgehead atoms. The summed E-state index contributed by atoms with van der Waals surface area (Å²) in [6.45, 7) is 0. The maximum atomic E-state index is 12.8. The number of thiophene rings is 1. The van der Waals surface area contributed by atoms with Crippen molar-refractivity contribution < 1.29 is 4.79 Å². The van der Waals surface area contributed by atoms with Crippen LogP contribution in [0.25, 0.3) is 10.9 Å². The van der Waals surface area contributed by atoms with Gasteiger partial charge < -0.3 is 4.98 Å². The number of carbonyl (C=O) groups excluding carboxylic acids is 1. The molecule has 0 aliphatic heterocycles. The van der Waals surface area contributed by atoms with Crippen LogP contribution >= 0.6 is 27.3 Å². The Kier molecular flexibility index (Phi) is 3.23. The predicted octanol–water partition coefficient (Wildman–Crippen LogP) is 5.10. The smallest absolute Gasteiger partial charge is 0.205 e. The van der Waals surface area contributed by atoms with Crippen molar-refractivity contribution in [2.75, 3.05) is 0 Å². The van der Waals surface area contributed by atoms with Gasteiger partial charge in [-0.3, -0.25) is 4.79 Å². The van der Waals surface area contributed by atoms with Crippen molar-refractivity contribution in [3.8, 4) is 0 Å². The minimum atomic E-state index is 0.142. The van der Waals surface area contributed by atoms with Crippen LogP contribution in [-0.2, 0) is 12.8 Å². The van der Waals surface area contributed by atoms with E-state index in [1.54, 1.807) is 11.3 Å². The van der Waals surface area contributed by atoms with Gasteiger partial charge in [-0.2, -0.15) is 0 Å². The van der Waals surface area contributed by atoms with Crippen LogP contribution in [0.4, 0.5) is 0 Å². The number of aromatic nitrogens is 1. The molecule has 4 heteroatoms. The van der Waals surface area contributed by atoms with Gasteiger partial charge in [0, 0.05) is 32.0 Å². The molecule has 2 aromatic heterocycles. The molecule has 0 unspecified atom stereocenters. The molecule has 0 atom stereocenters. The number of fused-ring (bicyclic) bond motifs is 2. The molecule has 0 saturated heterocycles. The summed E-state index contributed by atoms with van der Waals surface area (Å²) in [5.74, 6) is 0.142. The standard InChI is InChI=1S/C17H14BrNOS/c18-11-5-6-12-13(9-19-14(12)8-11)17(20)16-7-10-3-1-2-4-15(10)21-16/h5-9,19H,1-4H2. The molecular weight excluding hydrogens is 346 g/mol. The van der Waals surface area contributed by atoms with Crippen molar-refractivity contribution in [3.63, 3.8) is 0 Å². The van der Waals surface area contributed by atoms with Crippen LogP contribution in [0, 0.1) is 0 Å². The van der Waals surface area contributed by atoms with Crippen molar-refractivity contribution in [2.24, 2.45) is 0 Å². The SMILES string of the molecule is O=C(c1cc2c(s1)CCCC2)c1c[nH]c2cc(Br)ccc12. The lowest BCUT2D eigenvalue weighted by Gasteiger charge is -2.08. The minimum Gasteiger partial charge on any atom is -0.360 e. The average molecular weight is 360 g/mol. The lowest BCUT2D eigenvalue weighted by Crippen LogP contribution is -1.97. The highest BCUT2D eigenvalue weighted by Gasteiger charge is 2.20. The molecule has 0 amide bonds. The van der Waals surface area contributed by atoms with Gasteiger partial charge in [0.05, 0.1) is 4.88 Å². The summed E-state index contributed by atoms with van der Waals surface area (Å²) < 4.78 is 1.02. The number of benzene rings is 1. The van der Waals surface area contributed by atoms with E-state index in [4.69, 9.17) is 0 Å². The molecule has 2 nitrogen and oxygen atoms in total. The van der Waals surface area contributed by atoms with Gasteiger partial charge >= 0.3 is 0 Å². The van der Waals surface area contributed by atoms with E-state index in [1.165, 1.54) is 23.3 Å². The molecule has 4 rings (SSSR count). The Morgan fingerprint density at radius 2 is 2.05 bits per heavy atom. The van der Waals surface area contributed by atoms with Crippen LogP contribution in [0.3, 0.4) is 0 Å². The Hall–Kier alpha value is -1.39. The molecule has 2 heterocycles. The highest BCUT2D eigenvalue weighted by atomic mass is 79.9. The van der Waals surface area contributed by atoms with E-state index in [1.807, 2.05) is 24.4 Å². The molecule has 1 aliphatic carbocycles. The lowest BCUT2D eigenvalue weighted by atomic mass is 9.98. The number of halogens is 1. The Balaban J connectivity index is 1.77. The summed E-state index contributed by atoms with van der Waals surface area (Å²) in [7, 11) is 0. The highest BCUT2D eigenvalue weighted by molar-refractivity contribution is 9.10. The molecule has 0 radical (unpaired) electrons. The van der Waals surface area contributed by atoms with E-state index < -0.39 is 0 Å². The Bertz CT molecular complexity index is 822. The number of aryl methyl sites for hydroxylation is 2. The fraction of sp³-hybridized carbons (Fsp3) is 0.235. The van der Waals surface area contributed by atoms with E-state index in [-0.39, 0.29) is 5.78 Å². The highest BCUT2D eigenvalue weighted by Crippen LogP contribution is 2.32. The molecule has 106 valence electrons. The molecule has 1 N–H and O–H groups in total. The molecule has 3 aromatic rings. The van der Waals surface area contributed by atoms with Crippen LogP contribution in [0.5, 0.6) is 0 Å². The van der Waals surface area contributed by atoms with Gasteiger partial charge in [-0.1, -0.05) is 22.0 Å². The van der Waals surface area contributed by atoms with Crippen molar-refractivity contribution in [1.29, 1.82) is 0 Å². The molecule has 21 heavy (non-hydrogen) atoms. The number of ketones is 1. The van der Waals surface area contributed by atoms with E-state index >= 15 is 0 Å². The third kappa shape index (κ3) is 2.27. The fourth-order valence-electron chi connectivity index (χ4n) is 3.02. The van der Waals surface area contributed by atoms with Crippen LogP contribution in [0.1, 0.15) is 38.5 Å². The summed E-state index contributed by atoms with van der Waals surface area (Å²) in [5.41, 5.74) is 3.15. The monoisotopic (exact) mass is 359 g/mol. The number of nitrogens with one attached hydrogen (secondary N) is 1. The number of rotatable bonds is 2. The van der Waals surface area contributed by atoms with Crippen molar-refractivity contribution in [1.82, 2.24) is 4.98 Å². The minimum absolute atomic E-state index is 0.142. The summed E-state index contributed by atoms with van der Waals surface area (Å²) in [6.07, 6.45) is 6.59. The third-order valence-corrected chi connectivity index (χ3v) is 5.84. The van der Waals surface area contributed by atoms with E-state index in [2.05, 4.69) is 27.0 Å². The van der Waals surface area contributed by atoms with Crippen LogP contribution < -0.4 is 0 Å². The van der Waals surface area contributed by atoms with Crippen LogP contribution in [-0.4, -0.2) is 10.8 Å². The summed E-state index contributed by atoms with van der Waals surface area (Å²) >= 11 is 5.14. The van der Waals surface area contributed by atoms with Gasteiger partial charge in [0.25, 0.3) is 0 Å². The van der Waals surface area contributed by atoms with Gasteiger partial charge in [-0.05, 0) is 49.4 Å². The van der Waals surface area contributed by atoms with Gasteiger partial charge in [0.15, 0.2) is 0 Å². The van der Waals surface area contributed by atoms with Crippen LogP contribution in [0.2, 0.25) is 0 Å². The van der Waals surface area contributed by atoms with Gasteiger partial charge in [-0.15, -0.1) is 11.3 Å². The Labute approximate surface area is 135 Å². The second-order valence-corrected chi connectivity index (χ2v) is 7.54. The molecule has 0 fully saturated rings. The first kappa shape index (κ1) is 13.3. The van der Waals surface area contributed by atoms with Gasteiger partial charge in [0.2, 0.25) is 5.78 Å².